The Hall–Kier alpha value is -1.90. The molecule has 110 valence electrons. The fraction of sp³-hybridized carbons (Fsp3) is 0.444. The van der Waals surface area contributed by atoms with Crippen molar-refractivity contribution in [2.75, 3.05) is 0 Å². The lowest BCUT2D eigenvalue weighted by Gasteiger charge is -2.25. The van der Waals surface area contributed by atoms with Crippen molar-refractivity contribution in [2.45, 2.75) is 51.4 Å². The van der Waals surface area contributed by atoms with Gasteiger partial charge in [0.15, 0.2) is 0 Å². The molecule has 0 bridgehead atoms. The van der Waals surface area contributed by atoms with Crippen LogP contribution < -0.4 is 5.56 Å². The van der Waals surface area contributed by atoms with Crippen LogP contribution in [-0.2, 0) is 18.3 Å². The summed E-state index contributed by atoms with van der Waals surface area (Å²) in [6.07, 6.45) is 5.21. The Morgan fingerprint density at radius 3 is 2.52 bits per heavy atom. The fourth-order valence-electron chi connectivity index (χ4n) is 3.07. The van der Waals surface area contributed by atoms with Crippen LogP contribution in [-0.4, -0.2) is 9.97 Å². The van der Waals surface area contributed by atoms with Crippen molar-refractivity contribution in [1.29, 1.82) is 0 Å². The lowest BCUT2D eigenvalue weighted by atomic mass is 9.83. The molecule has 3 heteroatoms. The molecular formula is C18H22N2O. The number of fused-ring (bicyclic) bond motifs is 1. The molecule has 21 heavy (non-hydrogen) atoms. The number of benzene rings is 1. The van der Waals surface area contributed by atoms with Crippen LogP contribution >= 0.6 is 0 Å². The largest absolute Gasteiger partial charge is 0.310 e. The SMILES string of the molecule is CC(C)(c1ccccc1)c1nc2c(c(=O)[nH]1)CCCCC2. The monoisotopic (exact) mass is 282 g/mol. The van der Waals surface area contributed by atoms with Crippen molar-refractivity contribution < 1.29 is 0 Å². The maximum atomic E-state index is 12.4. The molecule has 3 rings (SSSR count). The minimum atomic E-state index is -0.290. The second-order valence-corrected chi connectivity index (χ2v) is 6.39. The number of aromatic amines is 1. The molecule has 0 spiro atoms. The first-order chi connectivity index (χ1) is 10.1. The molecule has 0 fully saturated rings. The van der Waals surface area contributed by atoms with E-state index in [1.54, 1.807) is 0 Å². The zero-order valence-electron chi connectivity index (χ0n) is 12.8. The van der Waals surface area contributed by atoms with Gasteiger partial charge in [-0.05, 0) is 45.1 Å². The molecule has 3 nitrogen and oxygen atoms in total. The van der Waals surface area contributed by atoms with Gasteiger partial charge in [-0.2, -0.15) is 0 Å². The summed E-state index contributed by atoms with van der Waals surface area (Å²) < 4.78 is 0. The third-order valence-electron chi connectivity index (χ3n) is 4.53. The molecule has 0 aliphatic heterocycles. The summed E-state index contributed by atoms with van der Waals surface area (Å²) in [4.78, 5) is 20.3. The second-order valence-electron chi connectivity index (χ2n) is 6.39. The van der Waals surface area contributed by atoms with E-state index in [0.717, 1.165) is 42.8 Å². The first-order valence-corrected chi connectivity index (χ1v) is 7.77. The minimum Gasteiger partial charge on any atom is -0.310 e. The van der Waals surface area contributed by atoms with Crippen LogP contribution in [0.1, 0.15) is 55.8 Å². The van der Waals surface area contributed by atoms with E-state index in [4.69, 9.17) is 4.98 Å². The van der Waals surface area contributed by atoms with Crippen molar-refractivity contribution in [3.8, 4) is 0 Å². The van der Waals surface area contributed by atoms with Crippen LogP contribution in [0.2, 0.25) is 0 Å². The van der Waals surface area contributed by atoms with Gasteiger partial charge in [0, 0.05) is 11.0 Å². The Balaban J connectivity index is 2.09. The number of aryl methyl sites for hydroxylation is 1. The normalized spacial score (nSPS) is 15.3. The molecule has 0 atom stereocenters. The summed E-state index contributed by atoms with van der Waals surface area (Å²) in [6.45, 7) is 4.23. The highest BCUT2D eigenvalue weighted by molar-refractivity contribution is 5.32. The van der Waals surface area contributed by atoms with Crippen LogP contribution in [0.15, 0.2) is 35.1 Å². The van der Waals surface area contributed by atoms with Crippen LogP contribution in [0.25, 0.3) is 0 Å². The van der Waals surface area contributed by atoms with Gasteiger partial charge in [0.2, 0.25) is 0 Å². The van der Waals surface area contributed by atoms with Crippen LogP contribution in [0.3, 0.4) is 0 Å². The molecular weight excluding hydrogens is 260 g/mol. The molecule has 1 aliphatic carbocycles. The predicted octanol–water partition coefficient (Wildman–Crippen LogP) is 3.36. The number of H-pyrrole nitrogens is 1. The summed E-state index contributed by atoms with van der Waals surface area (Å²) >= 11 is 0. The molecule has 1 aliphatic rings. The maximum absolute atomic E-state index is 12.4. The Bertz CT molecular complexity index is 686. The molecule has 1 heterocycles. The van der Waals surface area contributed by atoms with Gasteiger partial charge in [0.25, 0.3) is 5.56 Å². The predicted molar refractivity (Wildman–Crippen MR) is 84.7 cm³/mol. The summed E-state index contributed by atoms with van der Waals surface area (Å²) in [7, 11) is 0. The molecule has 0 saturated heterocycles. The second kappa shape index (κ2) is 5.47. The third-order valence-corrected chi connectivity index (χ3v) is 4.53. The number of hydrogen-bond acceptors (Lipinski definition) is 2. The zero-order valence-corrected chi connectivity index (χ0v) is 12.8. The van der Waals surface area contributed by atoms with Crippen molar-refractivity contribution in [3.05, 3.63) is 63.3 Å². The van der Waals surface area contributed by atoms with Crippen LogP contribution in [0.4, 0.5) is 0 Å². The van der Waals surface area contributed by atoms with Gasteiger partial charge < -0.3 is 4.98 Å². The number of nitrogens with zero attached hydrogens (tertiary/aromatic N) is 1. The van der Waals surface area contributed by atoms with E-state index >= 15 is 0 Å². The van der Waals surface area contributed by atoms with Gasteiger partial charge in [-0.25, -0.2) is 4.98 Å². The summed E-state index contributed by atoms with van der Waals surface area (Å²) in [5.41, 5.74) is 2.85. The van der Waals surface area contributed by atoms with E-state index in [2.05, 4.69) is 31.0 Å². The number of aromatic nitrogens is 2. The van der Waals surface area contributed by atoms with Crippen molar-refractivity contribution >= 4 is 0 Å². The van der Waals surface area contributed by atoms with E-state index in [9.17, 15) is 4.79 Å². The average Bonchev–Trinajstić information content (AvgIpc) is 2.74. The summed E-state index contributed by atoms with van der Waals surface area (Å²) in [5, 5.41) is 0. The van der Waals surface area contributed by atoms with E-state index in [0.29, 0.717) is 0 Å². The lowest BCUT2D eigenvalue weighted by molar-refractivity contribution is 0.579. The summed E-state index contributed by atoms with van der Waals surface area (Å²) in [6, 6.07) is 10.2. The van der Waals surface area contributed by atoms with E-state index < -0.39 is 0 Å². The van der Waals surface area contributed by atoms with Crippen molar-refractivity contribution in [2.24, 2.45) is 0 Å². The highest BCUT2D eigenvalue weighted by atomic mass is 16.1. The lowest BCUT2D eigenvalue weighted by Crippen LogP contribution is -2.29. The average molecular weight is 282 g/mol. The highest BCUT2D eigenvalue weighted by Gasteiger charge is 2.27. The number of rotatable bonds is 2. The topological polar surface area (TPSA) is 45.8 Å². The van der Waals surface area contributed by atoms with Gasteiger partial charge in [-0.3, -0.25) is 4.79 Å². The Morgan fingerprint density at radius 2 is 1.76 bits per heavy atom. The summed E-state index contributed by atoms with van der Waals surface area (Å²) in [5.74, 6) is 0.777. The van der Waals surface area contributed by atoms with Gasteiger partial charge >= 0.3 is 0 Å². The molecule has 2 aromatic rings. The van der Waals surface area contributed by atoms with Gasteiger partial charge in [-0.1, -0.05) is 36.8 Å². The quantitative estimate of drug-likeness (QED) is 0.858. The molecule has 0 radical (unpaired) electrons. The Morgan fingerprint density at radius 1 is 1.05 bits per heavy atom. The van der Waals surface area contributed by atoms with Crippen molar-refractivity contribution in [3.63, 3.8) is 0 Å². The first kappa shape index (κ1) is 14.1. The minimum absolute atomic E-state index is 0.0564. The molecule has 1 aromatic carbocycles. The molecule has 1 aromatic heterocycles. The van der Waals surface area contributed by atoms with Gasteiger partial charge in [0.05, 0.1) is 5.69 Å². The fourth-order valence-corrected chi connectivity index (χ4v) is 3.07. The van der Waals surface area contributed by atoms with Gasteiger partial charge in [0.1, 0.15) is 5.82 Å². The molecule has 0 unspecified atom stereocenters. The van der Waals surface area contributed by atoms with E-state index in [-0.39, 0.29) is 11.0 Å². The Kier molecular flexibility index (Phi) is 3.66. The van der Waals surface area contributed by atoms with Gasteiger partial charge in [-0.15, -0.1) is 0 Å². The standard InChI is InChI=1S/C18H22N2O/c1-18(2,13-9-5-3-6-10-13)17-19-15-12-8-4-7-11-14(15)16(21)20-17/h3,5-6,9-10H,4,7-8,11-12H2,1-2H3,(H,19,20,21). The molecule has 1 N–H and O–H groups in total. The third kappa shape index (κ3) is 2.65. The molecule has 0 amide bonds. The van der Waals surface area contributed by atoms with Crippen molar-refractivity contribution in [1.82, 2.24) is 9.97 Å². The maximum Gasteiger partial charge on any atom is 0.254 e. The van der Waals surface area contributed by atoms with E-state index in [1.807, 2.05) is 18.2 Å². The number of hydrogen-bond donors (Lipinski definition) is 1. The van der Waals surface area contributed by atoms with E-state index in [1.165, 1.54) is 12.0 Å². The Labute approximate surface area is 125 Å². The first-order valence-electron chi connectivity index (χ1n) is 7.77. The van der Waals surface area contributed by atoms with Crippen LogP contribution in [0.5, 0.6) is 0 Å². The smallest absolute Gasteiger partial charge is 0.254 e. The molecule has 0 saturated carbocycles. The number of nitrogens with one attached hydrogen (secondary N) is 1. The zero-order chi connectivity index (χ0) is 14.9. The highest BCUT2D eigenvalue weighted by Crippen LogP contribution is 2.29. The van der Waals surface area contributed by atoms with Crippen LogP contribution in [0, 0.1) is 0 Å².